The molecule has 0 unspecified atom stereocenters. The number of rotatable bonds is 5. The molecule has 160 valence electrons. The molecule has 7 nitrogen and oxygen atoms in total. The fourth-order valence-corrected chi connectivity index (χ4v) is 3.98. The van der Waals surface area contributed by atoms with Crippen LogP contribution in [-0.2, 0) is 4.79 Å². The smallest absolute Gasteiger partial charge is 0.234 e. The minimum Gasteiger partial charge on any atom is -0.323 e. The van der Waals surface area contributed by atoms with E-state index in [1.807, 2.05) is 37.3 Å². The number of nitrogens with one attached hydrogen (secondary N) is 1. The van der Waals surface area contributed by atoms with Gasteiger partial charge in [0.25, 0.3) is 0 Å². The lowest BCUT2D eigenvalue weighted by Gasteiger charge is -2.06. The summed E-state index contributed by atoms with van der Waals surface area (Å²) in [5, 5.41) is 15.9. The minimum atomic E-state index is -0.704. The Kier molecular flexibility index (Phi) is 5.06. The molecule has 0 fully saturated rings. The second kappa shape index (κ2) is 8.04. The van der Waals surface area contributed by atoms with Crippen LogP contribution < -0.4 is 5.32 Å². The summed E-state index contributed by atoms with van der Waals surface area (Å²) in [5.74, 6) is -1.86. The highest BCUT2D eigenvalue weighted by Crippen LogP contribution is 2.25. The van der Waals surface area contributed by atoms with Crippen molar-refractivity contribution < 1.29 is 13.6 Å². The van der Waals surface area contributed by atoms with Crippen LogP contribution in [0.25, 0.3) is 22.4 Å². The van der Waals surface area contributed by atoms with Crippen LogP contribution in [-0.4, -0.2) is 35.9 Å². The molecule has 1 amide bonds. The van der Waals surface area contributed by atoms with Gasteiger partial charge in [-0.2, -0.15) is 5.10 Å². The van der Waals surface area contributed by atoms with Gasteiger partial charge in [0.05, 0.1) is 17.1 Å². The van der Waals surface area contributed by atoms with Crippen molar-refractivity contribution in [2.45, 2.75) is 12.1 Å². The Hall–Kier alpha value is -3.79. The van der Waals surface area contributed by atoms with Gasteiger partial charge in [0.15, 0.2) is 10.8 Å². The van der Waals surface area contributed by atoms with E-state index < -0.39 is 17.5 Å². The van der Waals surface area contributed by atoms with Crippen molar-refractivity contribution >= 4 is 34.5 Å². The molecule has 32 heavy (non-hydrogen) atoms. The molecule has 0 aliphatic carbocycles. The van der Waals surface area contributed by atoms with E-state index in [4.69, 9.17) is 0 Å². The molecule has 0 spiro atoms. The molecule has 0 aliphatic heterocycles. The van der Waals surface area contributed by atoms with Gasteiger partial charge >= 0.3 is 0 Å². The molecule has 0 atom stereocenters. The van der Waals surface area contributed by atoms with Gasteiger partial charge in [-0.15, -0.1) is 10.2 Å². The summed E-state index contributed by atoms with van der Waals surface area (Å²) in [4.78, 5) is 12.2. The number of aromatic nitrogens is 5. The Morgan fingerprint density at radius 1 is 1.06 bits per heavy atom. The average molecular weight is 450 g/mol. The summed E-state index contributed by atoms with van der Waals surface area (Å²) in [5.41, 5.74) is 4.14. The van der Waals surface area contributed by atoms with E-state index in [-0.39, 0.29) is 11.4 Å². The molecule has 0 saturated heterocycles. The third-order valence-electron chi connectivity index (χ3n) is 4.87. The topological polar surface area (TPSA) is 76.6 Å². The highest BCUT2D eigenvalue weighted by atomic mass is 32.2. The fourth-order valence-electron chi connectivity index (χ4n) is 3.26. The highest BCUT2D eigenvalue weighted by molar-refractivity contribution is 7.99. The van der Waals surface area contributed by atoms with Gasteiger partial charge in [0.2, 0.25) is 5.91 Å². The minimum absolute atomic E-state index is 0.0458. The zero-order chi connectivity index (χ0) is 22.2. The molecule has 0 saturated carbocycles. The lowest BCUT2D eigenvalue weighted by molar-refractivity contribution is -0.113. The number of fused-ring (bicyclic) bond motifs is 3. The van der Waals surface area contributed by atoms with Crippen LogP contribution >= 0.6 is 11.8 Å². The Labute approximate surface area is 185 Å². The zero-order valence-corrected chi connectivity index (χ0v) is 17.6. The maximum atomic E-state index is 13.7. The molecule has 1 N–H and O–H groups in total. The maximum Gasteiger partial charge on any atom is 0.234 e. The molecule has 10 heteroatoms. The summed E-state index contributed by atoms with van der Waals surface area (Å²) in [7, 11) is 0. The molecule has 5 aromatic rings. The first kappa shape index (κ1) is 20.1. The van der Waals surface area contributed by atoms with Gasteiger partial charge in [-0.25, -0.2) is 13.3 Å². The Bertz CT molecular complexity index is 1460. The third-order valence-corrected chi connectivity index (χ3v) is 5.81. The quantitative estimate of drug-likeness (QED) is 0.403. The van der Waals surface area contributed by atoms with Crippen molar-refractivity contribution in [2.75, 3.05) is 11.1 Å². The zero-order valence-electron chi connectivity index (χ0n) is 16.8. The number of amides is 1. The Morgan fingerprint density at radius 3 is 2.69 bits per heavy atom. The maximum absolute atomic E-state index is 13.7. The van der Waals surface area contributed by atoms with Crippen molar-refractivity contribution in [1.82, 2.24) is 24.2 Å². The predicted molar refractivity (Wildman–Crippen MR) is 118 cm³/mol. The van der Waals surface area contributed by atoms with Gasteiger partial charge in [-0.05, 0) is 25.1 Å². The first-order valence-corrected chi connectivity index (χ1v) is 10.6. The van der Waals surface area contributed by atoms with Crippen molar-refractivity contribution in [3.05, 3.63) is 78.1 Å². The summed E-state index contributed by atoms with van der Waals surface area (Å²) in [6.45, 7) is 2.03. The number of carbonyl (C=O) groups excluding carboxylic acids is 1. The molecule has 0 radical (unpaired) electrons. The number of anilines is 1. The summed E-state index contributed by atoms with van der Waals surface area (Å²) in [6.07, 6.45) is 3.55. The monoisotopic (exact) mass is 450 g/mol. The SMILES string of the molecule is Cc1ccc(-c2cc3c4nnc(SCC(=O)Nc5cc(F)ccc5F)n4ccn3n2)cc1. The fraction of sp³-hybridized carbons (Fsp3) is 0.0909. The number of aryl methyl sites for hydroxylation is 1. The molecular weight excluding hydrogens is 434 g/mol. The van der Waals surface area contributed by atoms with Gasteiger partial charge in [0, 0.05) is 24.0 Å². The molecule has 5 rings (SSSR count). The van der Waals surface area contributed by atoms with E-state index in [2.05, 4.69) is 20.6 Å². The van der Waals surface area contributed by atoms with Gasteiger partial charge in [-0.1, -0.05) is 41.6 Å². The number of carbonyl (C=O) groups is 1. The standard InChI is InChI=1S/C22H16F2N6OS/c1-13-2-4-14(5-3-13)17-11-19-21-26-27-22(29(21)8-9-30(19)28-17)32-12-20(31)25-18-10-15(23)6-7-16(18)24/h2-11H,12H2,1H3,(H,25,31). The third kappa shape index (κ3) is 3.80. The van der Waals surface area contributed by atoms with E-state index in [1.165, 1.54) is 5.56 Å². The van der Waals surface area contributed by atoms with E-state index in [1.54, 1.807) is 21.3 Å². The van der Waals surface area contributed by atoms with Gasteiger partial charge in [-0.3, -0.25) is 9.20 Å². The van der Waals surface area contributed by atoms with Crippen LogP contribution in [0.3, 0.4) is 0 Å². The Balaban J connectivity index is 1.37. The number of hydrogen-bond donors (Lipinski definition) is 1. The first-order valence-electron chi connectivity index (χ1n) is 9.66. The average Bonchev–Trinajstić information content (AvgIpc) is 3.39. The predicted octanol–water partition coefficient (Wildman–Crippen LogP) is 4.36. The Morgan fingerprint density at radius 2 is 1.88 bits per heavy atom. The highest BCUT2D eigenvalue weighted by Gasteiger charge is 2.15. The van der Waals surface area contributed by atoms with Crippen LogP contribution in [0.1, 0.15) is 5.56 Å². The number of thioether (sulfide) groups is 1. The van der Waals surface area contributed by atoms with Crippen molar-refractivity contribution in [3.63, 3.8) is 0 Å². The number of hydrogen-bond acceptors (Lipinski definition) is 5. The second-order valence-electron chi connectivity index (χ2n) is 7.16. The van der Waals surface area contributed by atoms with Gasteiger partial charge in [0.1, 0.15) is 17.2 Å². The largest absolute Gasteiger partial charge is 0.323 e. The van der Waals surface area contributed by atoms with E-state index >= 15 is 0 Å². The molecule has 2 aromatic carbocycles. The summed E-state index contributed by atoms with van der Waals surface area (Å²) in [6, 6.07) is 12.9. The molecular formula is C22H16F2N6OS. The normalized spacial score (nSPS) is 11.3. The number of benzene rings is 2. The molecule has 3 heterocycles. The second-order valence-corrected chi connectivity index (χ2v) is 8.10. The van der Waals surface area contributed by atoms with Crippen LogP contribution in [0.15, 0.2) is 66.1 Å². The van der Waals surface area contributed by atoms with E-state index in [0.29, 0.717) is 10.8 Å². The first-order chi connectivity index (χ1) is 15.5. The number of nitrogens with zero attached hydrogens (tertiary/aromatic N) is 5. The van der Waals surface area contributed by atoms with Crippen molar-refractivity contribution in [3.8, 4) is 11.3 Å². The van der Waals surface area contributed by atoms with Crippen LogP contribution in [0.5, 0.6) is 0 Å². The van der Waals surface area contributed by atoms with Crippen LogP contribution in [0.2, 0.25) is 0 Å². The molecule has 3 aromatic heterocycles. The molecule has 0 bridgehead atoms. The van der Waals surface area contributed by atoms with Crippen molar-refractivity contribution in [1.29, 1.82) is 0 Å². The van der Waals surface area contributed by atoms with Gasteiger partial charge < -0.3 is 5.32 Å². The van der Waals surface area contributed by atoms with Crippen LogP contribution in [0.4, 0.5) is 14.5 Å². The lowest BCUT2D eigenvalue weighted by atomic mass is 10.1. The van der Waals surface area contributed by atoms with Crippen molar-refractivity contribution in [2.24, 2.45) is 0 Å². The lowest BCUT2D eigenvalue weighted by Crippen LogP contribution is -2.15. The number of halogens is 2. The van der Waals surface area contributed by atoms with E-state index in [0.717, 1.165) is 46.7 Å². The molecule has 0 aliphatic rings. The van der Waals surface area contributed by atoms with Crippen LogP contribution in [0, 0.1) is 18.6 Å². The summed E-state index contributed by atoms with van der Waals surface area (Å²) >= 11 is 1.14. The van der Waals surface area contributed by atoms with E-state index in [9.17, 15) is 13.6 Å². The summed E-state index contributed by atoms with van der Waals surface area (Å²) < 4.78 is 30.5.